The standard InChI is InChI=1S/C12H16S/c1-3-5-6-7-12-8-9-13-10-11(12)4-2/h3-7H,2,8-10H2,1H3/b5-3+,7-6-. The van der Waals surface area contributed by atoms with Gasteiger partial charge in [0.2, 0.25) is 0 Å². The molecule has 70 valence electrons. The Hall–Kier alpha value is -0.690. The largest absolute Gasteiger partial charge is 0.157 e. The van der Waals surface area contributed by atoms with Crippen LogP contribution in [0.1, 0.15) is 13.3 Å². The number of allylic oxidation sites excluding steroid dienone is 6. The van der Waals surface area contributed by atoms with Crippen molar-refractivity contribution in [1.82, 2.24) is 0 Å². The molecule has 13 heavy (non-hydrogen) atoms. The molecule has 1 aliphatic rings. The molecule has 1 heterocycles. The zero-order valence-electron chi connectivity index (χ0n) is 8.12. The number of rotatable bonds is 3. The van der Waals surface area contributed by atoms with E-state index in [0.29, 0.717) is 0 Å². The van der Waals surface area contributed by atoms with E-state index in [0.717, 1.165) is 5.75 Å². The molecule has 1 aliphatic heterocycles. The first kappa shape index (κ1) is 10.4. The van der Waals surface area contributed by atoms with Crippen LogP contribution >= 0.6 is 11.8 Å². The number of thioether (sulfide) groups is 1. The fourth-order valence-corrected chi connectivity index (χ4v) is 2.31. The normalized spacial score (nSPS) is 18.8. The van der Waals surface area contributed by atoms with Crippen LogP contribution in [0, 0.1) is 0 Å². The topological polar surface area (TPSA) is 0 Å². The Labute approximate surface area is 85.1 Å². The highest BCUT2D eigenvalue weighted by molar-refractivity contribution is 7.99. The van der Waals surface area contributed by atoms with E-state index in [2.05, 4.69) is 24.8 Å². The van der Waals surface area contributed by atoms with Crippen molar-refractivity contribution in [2.45, 2.75) is 13.3 Å². The predicted molar refractivity (Wildman–Crippen MR) is 63.1 cm³/mol. The van der Waals surface area contributed by atoms with Crippen molar-refractivity contribution in [3.63, 3.8) is 0 Å². The van der Waals surface area contributed by atoms with Gasteiger partial charge in [-0.05, 0) is 30.2 Å². The second kappa shape index (κ2) is 5.87. The molecule has 0 spiro atoms. The van der Waals surface area contributed by atoms with Gasteiger partial charge in [0.1, 0.15) is 0 Å². The second-order valence-electron chi connectivity index (χ2n) is 2.94. The van der Waals surface area contributed by atoms with Gasteiger partial charge in [-0.3, -0.25) is 0 Å². The van der Waals surface area contributed by atoms with Crippen LogP contribution in [0.2, 0.25) is 0 Å². The lowest BCUT2D eigenvalue weighted by molar-refractivity contribution is 1.11. The molecule has 0 aromatic rings. The summed E-state index contributed by atoms with van der Waals surface area (Å²) in [6.45, 7) is 5.87. The fourth-order valence-electron chi connectivity index (χ4n) is 1.28. The van der Waals surface area contributed by atoms with Crippen LogP contribution in [-0.4, -0.2) is 11.5 Å². The summed E-state index contributed by atoms with van der Waals surface area (Å²) in [5.41, 5.74) is 2.85. The highest BCUT2D eigenvalue weighted by atomic mass is 32.2. The molecular weight excluding hydrogens is 176 g/mol. The van der Waals surface area contributed by atoms with Crippen molar-refractivity contribution in [3.8, 4) is 0 Å². The summed E-state index contributed by atoms with van der Waals surface area (Å²) in [6, 6.07) is 0. The Morgan fingerprint density at radius 2 is 2.15 bits per heavy atom. The predicted octanol–water partition coefficient (Wildman–Crippen LogP) is 3.74. The molecule has 0 fully saturated rings. The summed E-state index contributed by atoms with van der Waals surface area (Å²) in [4.78, 5) is 0. The third kappa shape index (κ3) is 3.27. The highest BCUT2D eigenvalue weighted by Gasteiger charge is 2.06. The number of hydrogen-bond acceptors (Lipinski definition) is 1. The van der Waals surface area contributed by atoms with E-state index >= 15 is 0 Å². The molecule has 0 aliphatic carbocycles. The van der Waals surface area contributed by atoms with Crippen LogP contribution in [-0.2, 0) is 0 Å². The molecule has 0 atom stereocenters. The summed E-state index contributed by atoms with van der Waals surface area (Å²) in [5, 5.41) is 0. The van der Waals surface area contributed by atoms with Crippen LogP contribution in [0.5, 0.6) is 0 Å². The maximum absolute atomic E-state index is 3.84. The lowest BCUT2D eigenvalue weighted by Gasteiger charge is -2.14. The van der Waals surface area contributed by atoms with Gasteiger partial charge in [-0.2, -0.15) is 11.8 Å². The Kier molecular flexibility index (Phi) is 4.69. The molecule has 0 saturated carbocycles. The average molecular weight is 192 g/mol. The summed E-state index contributed by atoms with van der Waals surface area (Å²) in [6.07, 6.45) is 11.6. The minimum atomic E-state index is 1.12. The van der Waals surface area contributed by atoms with E-state index in [9.17, 15) is 0 Å². The lowest BCUT2D eigenvalue weighted by atomic mass is 10.1. The van der Waals surface area contributed by atoms with Crippen LogP contribution in [0.4, 0.5) is 0 Å². The Morgan fingerprint density at radius 1 is 1.31 bits per heavy atom. The third-order valence-corrected chi connectivity index (χ3v) is 3.04. The quantitative estimate of drug-likeness (QED) is 0.614. The molecule has 0 aromatic heterocycles. The van der Waals surface area contributed by atoms with Gasteiger partial charge in [0, 0.05) is 5.75 Å². The van der Waals surface area contributed by atoms with Gasteiger partial charge in [0.15, 0.2) is 0 Å². The van der Waals surface area contributed by atoms with Gasteiger partial charge in [0.25, 0.3) is 0 Å². The van der Waals surface area contributed by atoms with E-state index in [-0.39, 0.29) is 0 Å². The van der Waals surface area contributed by atoms with E-state index in [1.165, 1.54) is 23.3 Å². The van der Waals surface area contributed by atoms with E-state index < -0.39 is 0 Å². The van der Waals surface area contributed by atoms with Crippen molar-refractivity contribution in [2.75, 3.05) is 11.5 Å². The molecule has 1 rings (SSSR count). The molecule has 0 N–H and O–H groups in total. The van der Waals surface area contributed by atoms with Crippen molar-refractivity contribution in [1.29, 1.82) is 0 Å². The zero-order chi connectivity index (χ0) is 9.52. The minimum absolute atomic E-state index is 1.12. The van der Waals surface area contributed by atoms with Crippen molar-refractivity contribution < 1.29 is 0 Å². The first-order valence-electron chi connectivity index (χ1n) is 4.60. The second-order valence-corrected chi connectivity index (χ2v) is 4.05. The maximum Gasteiger partial charge on any atom is 0.0187 e. The summed E-state index contributed by atoms with van der Waals surface area (Å²) in [5.74, 6) is 2.37. The van der Waals surface area contributed by atoms with Gasteiger partial charge < -0.3 is 0 Å². The first-order chi connectivity index (χ1) is 6.38. The number of hydrogen-bond donors (Lipinski definition) is 0. The van der Waals surface area contributed by atoms with Gasteiger partial charge in [-0.25, -0.2) is 0 Å². The Morgan fingerprint density at radius 3 is 2.85 bits per heavy atom. The highest BCUT2D eigenvalue weighted by Crippen LogP contribution is 2.24. The molecular formula is C12H16S. The van der Waals surface area contributed by atoms with Crippen molar-refractivity contribution in [2.24, 2.45) is 0 Å². The van der Waals surface area contributed by atoms with Crippen LogP contribution in [0.25, 0.3) is 0 Å². The molecule has 0 aromatic carbocycles. The van der Waals surface area contributed by atoms with Crippen LogP contribution in [0.15, 0.2) is 48.1 Å². The van der Waals surface area contributed by atoms with Crippen molar-refractivity contribution in [3.05, 3.63) is 48.1 Å². The molecule has 0 saturated heterocycles. The van der Waals surface area contributed by atoms with Gasteiger partial charge in [-0.1, -0.05) is 37.0 Å². The third-order valence-electron chi connectivity index (χ3n) is 2.03. The van der Waals surface area contributed by atoms with Gasteiger partial charge >= 0.3 is 0 Å². The van der Waals surface area contributed by atoms with Crippen LogP contribution < -0.4 is 0 Å². The molecule has 0 unspecified atom stereocenters. The van der Waals surface area contributed by atoms with Gasteiger partial charge in [0.05, 0.1) is 0 Å². The maximum atomic E-state index is 3.84. The molecule has 1 heteroatoms. The minimum Gasteiger partial charge on any atom is -0.157 e. The molecule has 0 bridgehead atoms. The summed E-state index contributed by atoms with van der Waals surface area (Å²) < 4.78 is 0. The average Bonchev–Trinajstić information content (AvgIpc) is 2.19. The molecule has 0 amide bonds. The fraction of sp³-hybridized carbons (Fsp3) is 0.333. The Bertz CT molecular complexity index is 256. The van der Waals surface area contributed by atoms with E-state index in [4.69, 9.17) is 0 Å². The van der Waals surface area contributed by atoms with Gasteiger partial charge in [-0.15, -0.1) is 0 Å². The Balaban J connectivity index is 2.72. The summed E-state index contributed by atoms with van der Waals surface area (Å²) >= 11 is 1.99. The SMILES string of the molecule is C=CC1=C(/C=C\C=C\C)CCSC1. The van der Waals surface area contributed by atoms with E-state index in [1.807, 2.05) is 30.8 Å². The summed E-state index contributed by atoms with van der Waals surface area (Å²) in [7, 11) is 0. The zero-order valence-corrected chi connectivity index (χ0v) is 8.94. The van der Waals surface area contributed by atoms with E-state index in [1.54, 1.807) is 0 Å². The lowest BCUT2D eigenvalue weighted by Crippen LogP contribution is -1.99. The first-order valence-corrected chi connectivity index (χ1v) is 5.75. The monoisotopic (exact) mass is 192 g/mol. The smallest absolute Gasteiger partial charge is 0.0187 e. The van der Waals surface area contributed by atoms with Crippen molar-refractivity contribution >= 4 is 11.8 Å². The molecule has 0 radical (unpaired) electrons. The molecule has 0 nitrogen and oxygen atoms in total. The van der Waals surface area contributed by atoms with Crippen LogP contribution in [0.3, 0.4) is 0 Å².